The van der Waals surface area contributed by atoms with Crippen LogP contribution in [-0.4, -0.2) is 35.1 Å². The number of thioether (sulfide) groups is 1. The van der Waals surface area contributed by atoms with Crippen molar-refractivity contribution >= 4 is 46.8 Å². The van der Waals surface area contributed by atoms with E-state index in [9.17, 15) is 9.59 Å². The van der Waals surface area contributed by atoms with Gasteiger partial charge in [0.2, 0.25) is 11.8 Å². The fourth-order valence-corrected chi connectivity index (χ4v) is 3.68. The topological polar surface area (TPSA) is 49.4 Å². The average Bonchev–Trinajstić information content (AvgIpc) is 2.71. The third kappa shape index (κ3) is 6.73. The minimum atomic E-state index is -0.593. The summed E-state index contributed by atoms with van der Waals surface area (Å²) < 4.78 is 0. The highest BCUT2D eigenvalue weighted by Gasteiger charge is 2.26. The molecule has 150 valence electrons. The second kappa shape index (κ2) is 11.3. The molecule has 0 aromatic heterocycles. The zero-order valence-electron chi connectivity index (χ0n) is 16.0. The van der Waals surface area contributed by atoms with Crippen LogP contribution in [0.15, 0.2) is 53.4 Å². The van der Waals surface area contributed by atoms with Crippen molar-refractivity contribution in [3.8, 4) is 0 Å². The first-order chi connectivity index (χ1) is 13.4. The van der Waals surface area contributed by atoms with Crippen molar-refractivity contribution in [3.05, 3.63) is 64.1 Å². The molecule has 0 spiro atoms. The first kappa shape index (κ1) is 22.6. The van der Waals surface area contributed by atoms with E-state index in [4.69, 9.17) is 23.2 Å². The van der Waals surface area contributed by atoms with Gasteiger partial charge in [-0.2, -0.15) is 0 Å². The lowest BCUT2D eigenvalue weighted by Crippen LogP contribution is -2.48. The lowest BCUT2D eigenvalue weighted by atomic mass is 10.1. The van der Waals surface area contributed by atoms with Crippen molar-refractivity contribution in [1.29, 1.82) is 0 Å². The van der Waals surface area contributed by atoms with E-state index >= 15 is 0 Å². The molecule has 4 nitrogen and oxygen atoms in total. The maximum atomic E-state index is 13.0. The molecule has 1 atom stereocenters. The van der Waals surface area contributed by atoms with Crippen molar-refractivity contribution in [1.82, 2.24) is 10.2 Å². The number of nitrogens with one attached hydrogen (secondary N) is 1. The minimum Gasteiger partial charge on any atom is -0.354 e. The maximum Gasteiger partial charge on any atom is 0.242 e. The van der Waals surface area contributed by atoms with Crippen LogP contribution < -0.4 is 5.32 Å². The van der Waals surface area contributed by atoms with Crippen LogP contribution in [-0.2, 0) is 16.1 Å². The molecular formula is C21H24Cl2N2O2S. The molecule has 0 radical (unpaired) electrons. The summed E-state index contributed by atoms with van der Waals surface area (Å²) in [6.45, 7) is 4.59. The Morgan fingerprint density at radius 3 is 2.46 bits per heavy atom. The zero-order valence-corrected chi connectivity index (χ0v) is 18.3. The minimum absolute atomic E-state index is 0.112. The van der Waals surface area contributed by atoms with Crippen molar-refractivity contribution < 1.29 is 9.59 Å². The molecule has 0 bridgehead atoms. The SMILES string of the molecule is CCCNC(=O)C(C)N(Cc1ccc(Cl)c(Cl)c1)C(=O)CSc1ccccc1. The van der Waals surface area contributed by atoms with E-state index < -0.39 is 6.04 Å². The molecule has 0 fully saturated rings. The predicted molar refractivity (Wildman–Crippen MR) is 117 cm³/mol. The van der Waals surface area contributed by atoms with Crippen LogP contribution in [0.5, 0.6) is 0 Å². The summed E-state index contributed by atoms with van der Waals surface area (Å²) in [7, 11) is 0. The molecule has 0 aliphatic rings. The monoisotopic (exact) mass is 438 g/mol. The van der Waals surface area contributed by atoms with Crippen molar-refractivity contribution in [2.24, 2.45) is 0 Å². The predicted octanol–water partition coefficient (Wildman–Crippen LogP) is 5.03. The average molecular weight is 439 g/mol. The number of carbonyl (C=O) groups excluding carboxylic acids is 2. The number of hydrogen-bond donors (Lipinski definition) is 1. The van der Waals surface area contributed by atoms with Gasteiger partial charge in [-0.1, -0.05) is 54.4 Å². The molecule has 0 saturated heterocycles. The summed E-state index contributed by atoms with van der Waals surface area (Å²) in [5, 5.41) is 3.74. The summed E-state index contributed by atoms with van der Waals surface area (Å²) in [6.07, 6.45) is 0.836. The Labute approximate surface area is 180 Å². The molecule has 1 unspecified atom stereocenters. The van der Waals surface area contributed by atoms with Crippen LogP contribution in [0.4, 0.5) is 0 Å². The van der Waals surface area contributed by atoms with Gasteiger partial charge < -0.3 is 10.2 Å². The Morgan fingerprint density at radius 1 is 1.11 bits per heavy atom. The maximum absolute atomic E-state index is 13.0. The Morgan fingerprint density at radius 2 is 1.82 bits per heavy atom. The summed E-state index contributed by atoms with van der Waals surface area (Å²) in [4.78, 5) is 28.0. The Hall–Kier alpha value is -1.69. The normalized spacial score (nSPS) is 11.7. The summed E-state index contributed by atoms with van der Waals surface area (Å²) in [5.74, 6) is -0.0319. The third-order valence-electron chi connectivity index (χ3n) is 4.16. The lowest BCUT2D eigenvalue weighted by Gasteiger charge is -2.29. The van der Waals surface area contributed by atoms with Crippen molar-refractivity contribution in [2.45, 2.75) is 37.8 Å². The van der Waals surface area contributed by atoms with Gasteiger partial charge >= 0.3 is 0 Å². The molecule has 1 N–H and O–H groups in total. The number of nitrogens with zero attached hydrogens (tertiary/aromatic N) is 1. The van der Waals surface area contributed by atoms with Gasteiger partial charge in [0.05, 0.1) is 15.8 Å². The highest BCUT2D eigenvalue weighted by atomic mass is 35.5. The van der Waals surface area contributed by atoms with Crippen LogP contribution in [0.2, 0.25) is 10.0 Å². The molecule has 2 rings (SSSR count). The van der Waals surface area contributed by atoms with Crippen LogP contribution in [0.25, 0.3) is 0 Å². The van der Waals surface area contributed by atoms with E-state index in [-0.39, 0.29) is 24.1 Å². The number of carbonyl (C=O) groups is 2. The number of amides is 2. The highest BCUT2D eigenvalue weighted by Crippen LogP contribution is 2.24. The Kier molecular flexibility index (Phi) is 9.16. The first-order valence-corrected chi connectivity index (χ1v) is 10.9. The van der Waals surface area contributed by atoms with Gasteiger partial charge in [0, 0.05) is 18.0 Å². The molecule has 28 heavy (non-hydrogen) atoms. The van der Waals surface area contributed by atoms with Crippen LogP contribution in [0, 0.1) is 0 Å². The van der Waals surface area contributed by atoms with Crippen molar-refractivity contribution in [3.63, 3.8) is 0 Å². The number of rotatable bonds is 9. The van der Waals surface area contributed by atoms with E-state index in [0.29, 0.717) is 16.6 Å². The summed E-state index contributed by atoms with van der Waals surface area (Å²) in [6, 6.07) is 14.4. The number of hydrogen-bond acceptors (Lipinski definition) is 3. The van der Waals surface area contributed by atoms with Crippen LogP contribution in [0.1, 0.15) is 25.8 Å². The van der Waals surface area contributed by atoms with Gasteiger partial charge in [-0.05, 0) is 43.2 Å². The molecule has 2 aromatic carbocycles. The smallest absolute Gasteiger partial charge is 0.242 e. The van der Waals surface area contributed by atoms with Gasteiger partial charge in [0.1, 0.15) is 6.04 Å². The van der Waals surface area contributed by atoms with Crippen LogP contribution >= 0.6 is 35.0 Å². The highest BCUT2D eigenvalue weighted by molar-refractivity contribution is 8.00. The van der Waals surface area contributed by atoms with Gasteiger partial charge in [-0.25, -0.2) is 0 Å². The molecule has 2 amide bonds. The molecule has 0 aliphatic heterocycles. The Balaban J connectivity index is 2.15. The first-order valence-electron chi connectivity index (χ1n) is 9.11. The van der Waals surface area contributed by atoms with E-state index in [0.717, 1.165) is 16.9 Å². The van der Waals surface area contributed by atoms with Gasteiger partial charge in [-0.3, -0.25) is 9.59 Å². The second-order valence-electron chi connectivity index (χ2n) is 6.34. The molecular weight excluding hydrogens is 415 g/mol. The lowest BCUT2D eigenvalue weighted by molar-refractivity contribution is -0.138. The van der Waals surface area contributed by atoms with Crippen molar-refractivity contribution in [2.75, 3.05) is 12.3 Å². The van der Waals surface area contributed by atoms with Crippen LogP contribution in [0.3, 0.4) is 0 Å². The van der Waals surface area contributed by atoms with Gasteiger partial charge in [0.15, 0.2) is 0 Å². The van der Waals surface area contributed by atoms with E-state index in [1.165, 1.54) is 11.8 Å². The summed E-state index contributed by atoms with van der Waals surface area (Å²) >= 11 is 13.5. The number of benzene rings is 2. The molecule has 7 heteroatoms. The largest absolute Gasteiger partial charge is 0.354 e. The van der Waals surface area contributed by atoms with E-state index in [1.807, 2.05) is 43.3 Å². The molecule has 2 aromatic rings. The molecule has 0 aliphatic carbocycles. The van der Waals surface area contributed by atoms with E-state index in [1.54, 1.807) is 24.0 Å². The number of halogens is 2. The second-order valence-corrected chi connectivity index (χ2v) is 8.20. The third-order valence-corrected chi connectivity index (χ3v) is 5.89. The standard InChI is InChI=1S/C21H24Cl2N2O2S/c1-3-11-24-21(27)15(2)25(13-16-9-10-18(22)19(23)12-16)20(26)14-28-17-7-5-4-6-8-17/h4-10,12,15H,3,11,13-14H2,1-2H3,(H,24,27). The van der Waals surface area contributed by atoms with E-state index in [2.05, 4.69) is 5.32 Å². The van der Waals surface area contributed by atoms with Gasteiger partial charge in [0.25, 0.3) is 0 Å². The summed E-state index contributed by atoms with van der Waals surface area (Å²) in [5.41, 5.74) is 0.822. The molecule has 0 heterocycles. The molecule has 0 saturated carbocycles. The quantitative estimate of drug-likeness (QED) is 0.558. The zero-order chi connectivity index (χ0) is 20.5. The Bertz CT molecular complexity index is 802. The fraction of sp³-hybridized carbons (Fsp3) is 0.333. The fourth-order valence-electron chi connectivity index (χ4n) is 2.56. The van der Waals surface area contributed by atoms with Gasteiger partial charge in [-0.15, -0.1) is 11.8 Å².